The van der Waals surface area contributed by atoms with Crippen LogP contribution >= 0.6 is 15.9 Å². The van der Waals surface area contributed by atoms with Gasteiger partial charge in [0.15, 0.2) is 0 Å². The maximum Gasteiger partial charge on any atom is 0.124 e. The highest BCUT2D eigenvalue weighted by molar-refractivity contribution is 9.10. The van der Waals surface area contributed by atoms with Gasteiger partial charge in [0.25, 0.3) is 0 Å². The van der Waals surface area contributed by atoms with Gasteiger partial charge in [-0.1, -0.05) is 52.2 Å². The van der Waals surface area contributed by atoms with Gasteiger partial charge in [0, 0.05) is 10.5 Å². The summed E-state index contributed by atoms with van der Waals surface area (Å²) in [6.07, 6.45) is 0.853. The van der Waals surface area contributed by atoms with Crippen LogP contribution < -0.4 is 5.32 Å². The lowest BCUT2D eigenvalue weighted by Crippen LogP contribution is -2.23. The number of hydrogen-bond acceptors (Lipinski definition) is 1. The number of hydrogen-bond donors (Lipinski definition) is 1. The molecule has 0 aromatic heterocycles. The molecule has 0 spiro atoms. The molecule has 0 saturated carbocycles. The molecule has 1 unspecified atom stereocenters. The Balaban J connectivity index is 2.30. The fourth-order valence-corrected chi connectivity index (χ4v) is 3.24. The van der Waals surface area contributed by atoms with Gasteiger partial charge >= 0.3 is 0 Å². The van der Waals surface area contributed by atoms with E-state index >= 15 is 0 Å². The van der Waals surface area contributed by atoms with Gasteiger partial charge in [-0.3, -0.25) is 0 Å². The second kappa shape index (κ2) is 7.19. The van der Waals surface area contributed by atoms with Crippen LogP contribution in [0.3, 0.4) is 0 Å². The molecule has 0 radical (unpaired) electrons. The molecule has 0 bridgehead atoms. The van der Waals surface area contributed by atoms with E-state index < -0.39 is 0 Å². The first-order valence-electron chi connectivity index (χ1n) is 7.24. The summed E-state index contributed by atoms with van der Waals surface area (Å²) in [6.45, 7) is 7.14. The second-order valence-electron chi connectivity index (χ2n) is 5.51. The summed E-state index contributed by atoms with van der Waals surface area (Å²) in [6, 6.07) is 11.8. The molecule has 0 aliphatic carbocycles. The van der Waals surface area contributed by atoms with E-state index in [2.05, 4.69) is 60.2 Å². The summed E-state index contributed by atoms with van der Waals surface area (Å²) in [5.74, 6) is -0.206. The van der Waals surface area contributed by atoms with Crippen LogP contribution in [0.4, 0.5) is 4.39 Å². The van der Waals surface area contributed by atoms with Crippen molar-refractivity contribution in [2.45, 2.75) is 33.2 Å². The predicted molar refractivity (Wildman–Crippen MR) is 90.1 cm³/mol. The van der Waals surface area contributed by atoms with Crippen molar-refractivity contribution in [3.05, 3.63) is 68.9 Å². The molecular formula is C18H21BrFN. The summed E-state index contributed by atoms with van der Waals surface area (Å²) < 4.78 is 14.4. The van der Waals surface area contributed by atoms with Gasteiger partial charge in [0.2, 0.25) is 0 Å². The van der Waals surface area contributed by atoms with Crippen molar-refractivity contribution in [2.75, 3.05) is 6.54 Å². The zero-order valence-corrected chi connectivity index (χ0v) is 14.3. The number of benzene rings is 2. The first-order chi connectivity index (χ1) is 9.97. The van der Waals surface area contributed by atoms with E-state index in [-0.39, 0.29) is 11.9 Å². The Hall–Kier alpha value is -1.19. The summed E-state index contributed by atoms with van der Waals surface area (Å²) in [4.78, 5) is 0. The number of likely N-dealkylation sites (N-methyl/N-ethyl adjacent to an activating group) is 1. The van der Waals surface area contributed by atoms with E-state index in [0.29, 0.717) is 0 Å². The van der Waals surface area contributed by atoms with Crippen LogP contribution in [0.15, 0.2) is 40.9 Å². The third-order valence-electron chi connectivity index (χ3n) is 3.46. The quantitative estimate of drug-likeness (QED) is 0.791. The van der Waals surface area contributed by atoms with E-state index in [0.717, 1.165) is 23.0 Å². The normalized spacial score (nSPS) is 12.4. The van der Waals surface area contributed by atoms with Crippen LogP contribution in [-0.4, -0.2) is 6.54 Å². The smallest absolute Gasteiger partial charge is 0.124 e. The fourth-order valence-electron chi connectivity index (χ4n) is 2.75. The average Bonchev–Trinajstić information content (AvgIpc) is 2.35. The molecule has 2 rings (SSSR count). The Morgan fingerprint density at radius 2 is 1.71 bits per heavy atom. The van der Waals surface area contributed by atoms with Crippen molar-refractivity contribution in [3.8, 4) is 0 Å². The fraction of sp³-hybridized carbons (Fsp3) is 0.333. The molecule has 3 heteroatoms. The minimum Gasteiger partial charge on any atom is -0.310 e. The molecule has 0 aliphatic rings. The van der Waals surface area contributed by atoms with Crippen LogP contribution in [0, 0.1) is 19.7 Å². The van der Waals surface area contributed by atoms with E-state index in [9.17, 15) is 4.39 Å². The highest BCUT2D eigenvalue weighted by Gasteiger charge is 2.13. The summed E-state index contributed by atoms with van der Waals surface area (Å²) >= 11 is 3.37. The Kier molecular flexibility index (Phi) is 5.54. The van der Waals surface area contributed by atoms with Crippen LogP contribution in [0.25, 0.3) is 0 Å². The third kappa shape index (κ3) is 4.65. The Morgan fingerprint density at radius 1 is 1.05 bits per heavy atom. The molecule has 0 aliphatic heterocycles. The summed E-state index contributed by atoms with van der Waals surface area (Å²) in [7, 11) is 0. The minimum atomic E-state index is -0.206. The largest absolute Gasteiger partial charge is 0.310 e. The number of aryl methyl sites for hydroxylation is 2. The minimum absolute atomic E-state index is 0.114. The number of nitrogens with one attached hydrogen (secondary N) is 1. The number of halogens is 2. The van der Waals surface area contributed by atoms with Crippen LogP contribution in [0.2, 0.25) is 0 Å². The Labute approximate surface area is 134 Å². The molecule has 1 atom stereocenters. The van der Waals surface area contributed by atoms with Crippen molar-refractivity contribution in [1.29, 1.82) is 0 Å². The molecule has 2 aromatic rings. The van der Waals surface area contributed by atoms with Gasteiger partial charge in [-0.2, -0.15) is 0 Å². The third-order valence-corrected chi connectivity index (χ3v) is 3.92. The first kappa shape index (κ1) is 16.2. The molecule has 0 saturated heterocycles. The van der Waals surface area contributed by atoms with Crippen molar-refractivity contribution in [1.82, 2.24) is 5.32 Å². The highest BCUT2D eigenvalue weighted by atomic mass is 79.9. The average molecular weight is 350 g/mol. The standard InChI is InChI=1S/C18H21BrFN/c1-4-21-18(15-9-16(19)11-17(20)10-15)8-14-6-12(2)5-13(3)7-14/h5-7,9-11,18,21H,4,8H2,1-3H3. The molecule has 1 nitrogen and oxygen atoms in total. The van der Waals surface area contributed by atoms with Gasteiger partial charge in [-0.15, -0.1) is 0 Å². The molecule has 21 heavy (non-hydrogen) atoms. The molecule has 0 fully saturated rings. The van der Waals surface area contributed by atoms with Gasteiger partial charge in [0.1, 0.15) is 5.82 Å². The first-order valence-corrected chi connectivity index (χ1v) is 8.03. The second-order valence-corrected chi connectivity index (χ2v) is 6.43. The van der Waals surface area contributed by atoms with Crippen LogP contribution in [0.5, 0.6) is 0 Å². The van der Waals surface area contributed by atoms with Gasteiger partial charge in [-0.05, 0) is 56.1 Å². The molecule has 0 amide bonds. The maximum absolute atomic E-state index is 13.6. The molecule has 1 N–H and O–H groups in total. The van der Waals surface area contributed by atoms with E-state index in [1.54, 1.807) is 6.07 Å². The van der Waals surface area contributed by atoms with Crippen molar-refractivity contribution < 1.29 is 4.39 Å². The van der Waals surface area contributed by atoms with Gasteiger partial charge < -0.3 is 5.32 Å². The monoisotopic (exact) mass is 349 g/mol. The van der Waals surface area contributed by atoms with Crippen LogP contribution in [-0.2, 0) is 6.42 Å². The lowest BCUT2D eigenvalue weighted by Gasteiger charge is -2.19. The topological polar surface area (TPSA) is 12.0 Å². The van der Waals surface area contributed by atoms with E-state index in [1.807, 2.05) is 6.07 Å². The maximum atomic E-state index is 13.6. The van der Waals surface area contributed by atoms with Crippen molar-refractivity contribution in [3.63, 3.8) is 0 Å². The Bertz CT molecular complexity index is 584. The lowest BCUT2D eigenvalue weighted by molar-refractivity contribution is 0.542. The van der Waals surface area contributed by atoms with Crippen molar-refractivity contribution >= 4 is 15.9 Å². The summed E-state index contributed by atoms with van der Waals surface area (Å²) in [5, 5.41) is 3.45. The highest BCUT2D eigenvalue weighted by Crippen LogP contribution is 2.24. The Morgan fingerprint density at radius 3 is 2.29 bits per heavy atom. The summed E-state index contributed by atoms with van der Waals surface area (Å²) in [5.41, 5.74) is 4.78. The molecule has 112 valence electrons. The van der Waals surface area contributed by atoms with Gasteiger partial charge in [-0.25, -0.2) is 4.39 Å². The van der Waals surface area contributed by atoms with Gasteiger partial charge in [0.05, 0.1) is 0 Å². The zero-order valence-electron chi connectivity index (χ0n) is 12.7. The lowest BCUT2D eigenvalue weighted by atomic mass is 9.96. The molecular weight excluding hydrogens is 329 g/mol. The predicted octanol–water partition coefficient (Wildman–Crippen LogP) is 5.10. The van der Waals surface area contributed by atoms with E-state index in [4.69, 9.17) is 0 Å². The van der Waals surface area contributed by atoms with E-state index in [1.165, 1.54) is 22.8 Å². The van der Waals surface area contributed by atoms with Crippen LogP contribution in [0.1, 0.15) is 35.2 Å². The van der Waals surface area contributed by atoms with Crippen molar-refractivity contribution in [2.24, 2.45) is 0 Å². The SMILES string of the molecule is CCNC(Cc1cc(C)cc(C)c1)c1cc(F)cc(Br)c1. The molecule has 2 aromatic carbocycles. The molecule has 0 heterocycles. The number of rotatable bonds is 5. The zero-order chi connectivity index (χ0) is 15.4.